The molecule has 1 saturated carbocycles. The first-order valence-corrected chi connectivity index (χ1v) is 11.7. The Morgan fingerprint density at radius 2 is 1.88 bits per heavy atom. The van der Waals surface area contributed by atoms with Crippen LogP contribution >= 0.6 is 11.8 Å². The molecule has 26 heavy (non-hydrogen) atoms. The minimum Gasteiger partial charge on any atom is -0.274 e. The monoisotopic (exact) mass is 369 g/mol. The van der Waals surface area contributed by atoms with Gasteiger partial charge in [0.15, 0.2) is 0 Å². The zero-order chi connectivity index (χ0) is 18.2. The van der Waals surface area contributed by atoms with Crippen molar-refractivity contribution in [3.8, 4) is 0 Å². The van der Waals surface area contributed by atoms with Crippen LogP contribution in [0.4, 0.5) is 0 Å². The number of aryl methyl sites for hydroxylation is 2. The summed E-state index contributed by atoms with van der Waals surface area (Å²) >= 11 is 1.99. The van der Waals surface area contributed by atoms with Gasteiger partial charge in [-0.25, -0.2) is 0 Å². The van der Waals surface area contributed by atoms with Crippen LogP contribution in [-0.4, -0.2) is 16.8 Å². The third kappa shape index (κ3) is 6.30. The summed E-state index contributed by atoms with van der Waals surface area (Å²) in [6.07, 6.45) is 16.4. The van der Waals surface area contributed by atoms with Crippen molar-refractivity contribution in [2.45, 2.75) is 77.7 Å². The summed E-state index contributed by atoms with van der Waals surface area (Å²) in [5, 5.41) is 1.43. The van der Waals surface area contributed by atoms with Crippen molar-refractivity contribution >= 4 is 16.8 Å². The second-order valence-corrected chi connectivity index (χ2v) is 9.16. The molecular weight excluding hydrogens is 334 g/mol. The van der Waals surface area contributed by atoms with E-state index >= 15 is 0 Å². The van der Waals surface area contributed by atoms with Crippen molar-refractivity contribution in [3.63, 3.8) is 0 Å². The quantitative estimate of drug-likeness (QED) is 0.306. The molecule has 1 heterocycles. The second-order valence-electron chi connectivity index (χ2n) is 8.12. The fraction of sp³-hybridized carbons (Fsp3) is 0.625. The largest absolute Gasteiger partial charge is 0.274 e. The smallest absolute Gasteiger partial charge is 0.0783 e. The van der Waals surface area contributed by atoms with Gasteiger partial charge in [-0.05, 0) is 49.1 Å². The molecule has 1 aromatic carbocycles. The third-order valence-corrected chi connectivity index (χ3v) is 6.85. The van der Waals surface area contributed by atoms with Gasteiger partial charge in [0, 0.05) is 11.7 Å². The molecule has 3 atom stereocenters. The van der Waals surface area contributed by atoms with Crippen LogP contribution in [0.25, 0.3) is 0 Å². The lowest BCUT2D eigenvalue weighted by molar-refractivity contribution is 0.632. The highest BCUT2D eigenvalue weighted by Gasteiger charge is 2.39. The highest BCUT2D eigenvalue weighted by molar-refractivity contribution is 8.14. The van der Waals surface area contributed by atoms with Gasteiger partial charge in [0.2, 0.25) is 0 Å². The highest BCUT2D eigenvalue weighted by atomic mass is 32.2. The number of benzene rings is 1. The molecule has 0 spiro atoms. The van der Waals surface area contributed by atoms with Crippen LogP contribution < -0.4 is 0 Å². The van der Waals surface area contributed by atoms with Gasteiger partial charge >= 0.3 is 0 Å². The molecule has 1 fully saturated rings. The normalized spacial score (nSPS) is 25.0. The number of aliphatic imine (C=N–C) groups is 1. The summed E-state index contributed by atoms with van der Waals surface area (Å²) in [6, 6.07) is 9.66. The Morgan fingerprint density at radius 1 is 1.12 bits per heavy atom. The zero-order valence-electron chi connectivity index (χ0n) is 16.6. The summed E-state index contributed by atoms with van der Waals surface area (Å²) in [5.41, 5.74) is 3.00. The molecule has 1 nitrogen and oxygen atoms in total. The SMILES string of the molecule is CCCCCCCc1cccc(CC/C=C\[C@@H]2CSC(C3CC3C)=N2)c1. The highest BCUT2D eigenvalue weighted by Crippen LogP contribution is 2.44. The lowest BCUT2D eigenvalue weighted by Crippen LogP contribution is -1.98. The summed E-state index contributed by atoms with van der Waals surface area (Å²) in [7, 11) is 0. The van der Waals surface area contributed by atoms with Gasteiger partial charge in [-0.15, -0.1) is 11.8 Å². The van der Waals surface area contributed by atoms with Crippen molar-refractivity contribution in [2.24, 2.45) is 16.8 Å². The Hall–Kier alpha value is -1.02. The van der Waals surface area contributed by atoms with Crippen LogP contribution in [0.3, 0.4) is 0 Å². The van der Waals surface area contributed by atoms with Crippen molar-refractivity contribution < 1.29 is 0 Å². The standard InChI is InChI=1S/C24H35NS/c1-3-4-5-6-7-11-20-13-10-14-21(17-20)12-8-9-15-22-18-26-24(25-22)23-16-19(23)2/h9-10,13-15,17,19,22-23H,3-8,11-12,16,18H2,1-2H3/b15-9-/t19?,22-,23?/m1/s1. The lowest BCUT2D eigenvalue weighted by atomic mass is 10.0. The van der Waals surface area contributed by atoms with Gasteiger partial charge in [-0.3, -0.25) is 4.99 Å². The topological polar surface area (TPSA) is 12.4 Å². The summed E-state index contributed by atoms with van der Waals surface area (Å²) < 4.78 is 0. The number of hydrogen-bond donors (Lipinski definition) is 0. The predicted molar refractivity (Wildman–Crippen MR) is 117 cm³/mol. The Kier molecular flexibility index (Phi) is 7.85. The molecule has 1 aromatic rings. The molecule has 2 heteroatoms. The molecular formula is C24H35NS. The maximum Gasteiger partial charge on any atom is 0.0783 e. The lowest BCUT2D eigenvalue weighted by Gasteiger charge is -2.05. The zero-order valence-corrected chi connectivity index (χ0v) is 17.4. The summed E-state index contributed by atoms with van der Waals surface area (Å²) in [6.45, 7) is 4.62. The minimum atomic E-state index is 0.428. The molecule has 0 amide bonds. The number of nitrogens with zero attached hydrogens (tertiary/aromatic N) is 1. The van der Waals surface area contributed by atoms with E-state index < -0.39 is 0 Å². The van der Waals surface area contributed by atoms with Gasteiger partial charge in [0.05, 0.1) is 11.1 Å². The van der Waals surface area contributed by atoms with E-state index in [2.05, 4.69) is 50.3 Å². The Morgan fingerprint density at radius 3 is 2.65 bits per heavy atom. The van der Waals surface area contributed by atoms with Crippen molar-refractivity contribution in [1.29, 1.82) is 0 Å². The fourth-order valence-electron chi connectivity index (χ4n) is 3.75. The van der Waals surface area contributed by atoms with E-state index in [4.69, 9.17) is 4.99 Å². The Bertz CT molecular complexity index is 618. The van der Waals surface area contributed by atoms with Crippen LogP contribution in [0.5, 0.6) is 0 Å². The second kappa shape index (κ2) is 10.3. The number of unbranched alkanes of at least 4 members (excludes halogenated alkanes) is 4. The van der Waals surface area contributed by atoms with E-state index in [1.165, 1.54) is 61.1 Å². The molecule has 0 saturated heterocycles. The molecule has 2 unspecified atom stereocenters. The molecule has 142 valence electrons. The van der Waals surface area contributed by atoms with Gasteiger partial charge in [-0.1, -0.05) is 75.9 Å². The third-order valence-electron chi connectivity index (χ3n) is 5.64. The van der Waals surface area contributed by atoms with Crippen LogP contribution in [0.1, 0.15) is 69.9 Å². The predicted octanol–water partition coefficient (Wildman–Crippen LogP) is 6.86. The summed E-state index contributed by atoms with van der Waals surface area (Å²) in [5.74, 6) is 2.83. The van der Waals surface area contributed by atoms with Gasteiger partial charge < -0.3 is 0 Å². The molecule has 0 N–H and O–H groups in total. The van der Waals surface area contributed by atoms with E-state index in [0.717, 1.165) is 30.4 Å². The molecule has 0 bridgehead atoms. The molecule has 1 aliphatic carbocycles. The van der Waals surface area contributed by atoms with E-state index in [1.807, 2.05) is 11.8 Å². The maximum absolute atomic E-state index is 4.91. The van der Waals surface area contributed by atoms with Crippen LogP contribution in [0.2, 0.25) is 0 Å². The van der Waals surface area contributed by atoms with E-state index in [0.29, 0.717) is 6.04 Å². The molecule has 0 radical (unpaired) electrons. The first-order valence-electron chi connectivity index (χ1n) is 10.7. The number of thioether (sulfide) groups is 1. The van der Waals surface area contributed by atoms with Crippen molar-refractivity contribution in [1.82, 2.24) is 0 Å². The van der Waals surface area contributed by atoms with Crippen LogP contribution in [-0.2, 0) is 12.8 Å². The Balaban J connectivity index is 1.37. The average molecular weight is 370 g/mol. The fourth-order valence-corrected chi connectivity index (χ4v) is 5.03. The van der Waals surface area contributed by atoms with E-state index in [1.54, 1.807) is 0 Å². The van der Waals surface area contributed by atoms with Gasteiger partial charge in [-0.2, -0.15) is 0 Å². The maximum atomic E-state index is 4.91. The molecule has 3 rings (SSSR count). The van der Waals surface area contributed by atoms with Crippen LogP contribution in [0, 0.1) is 11.8 Å². The van der Waals surface area contributed by atoms with Crippen molar-refractivity contribution in [3.05, 3.63) is 47.5 Å². The number of rotatable bonds is 11. The van der Waals surface area contributed by atoms with E-state index in [-0.39, 0.29) is 0 Å². The first-order chi connectivity index (χ1) is 12.8. The molecule has 1 aliphatic heterocycles. The van der Waals surface area contributed by atoms with Crippen LogP contribution in [0.15, 0.2) is 41.4 Å². The van der Waals surface area contributed by atoms with Gasteiger partial charge in [0.25, 0.3) is 0 Å². The molecule has 0 aromatic heterocycles. The number of allylic oxidation sites excluding steroid dienone is 1. The summed E-state index contributed by atoms with van der Waals surface area (Å²) in [4.78, 5) is 4.91. The average Bonchev–Trinajstić information content (AvgIpc) is 3.19. The first kappa shape index (κ1) is 19.7. The Labute approximate surface area is 164 Å². The van der Waals surface area contributed by atoms with Gasteiger partial charge in [0.1, 0.15) is 0 Å². The number of hydrogen-bond acceptors (Lipinski definition) is 2. The van der Waals surface area contributed by atoms with E-state index in [9.17, 15) is 0 Å². The van der Waals surface area contributed by atoms with Crippen molar-refractivity contribution in [2.75, 3.05) is 5.75 Å². The minimum absolute atomic E-state index is 0.428. The molecule has 2 aliphatic rings.